The van der Waals surface area contributed by atoms with Crippen LogP contribution in [0.2, 0.25) is 0 Å². The predicted octanol–water partition coefficient (Wildman–Crippen LogP) is 4.48. The summed E-state index contributed by atoms with van der Waals surface area (Å²) in [5, 5.41) is 2.81. The van der Waals surface area contributed by atoms with Crippen LogP contribution in [0.15, 0.2) is 53.1 Å². The summed E-state index contributed by atoms with van der Waals surface area (Å²) in [4.78, 5) is 15.6. The van der Waals surface area contributed by atoms with E-state index in [1.165, 1.54) is 12.3 Å². The van der Waals surface area contributed by atoms with Gasteiger partial charge in [0.2, 0.25) is 5.69 Å². The Morgan fingerprint density at radius 2 is 1.91 bits per heavy atom. The van der Waals surface area contributed by atoms with Gasteiger partial charge in [0.15, 0.2) is 17.8 Å². The highest BCUT2D eigenvalue weighted by Gasteiger charge is 2.20. The van der Waals surface area contributed by atoms with E-state index in [-0.39, 0.29) is 24.0 Å². The Hall–Kier alpha value is -3.62. The van der Waals surface area contributed by atoms with Gasteiger partial charge in [-0.2, -0.15) is 13.8 Å². The summed E-state index contributed by atoms with van der Waals surface area (Å²) in [7, 11) is 0. The second-order valence-electron chi connectivity index (χ2n) is 6.72. The lowest BCUT2D eigenvalue weighted by molar-refractivity contribution is -0.380. The van der Waals surface area contributed by atoms with Gasteiger partial charge < -0.3 is 23.9 Å². The molecular weight excluding hydrogens is 422 g/mol. The number of aromatic amines is 1. The monoisotopic (exact) mass is 447 g/mol. The van der Waals surface area contributed by atoms with Crippen LogP contribution in [0.25, 0.3) is 11.5 Å². The molecule has 0 radical (unpaired) electrons. The van der Waals surface area contributed by atoms with E-state index in [0.29, 0.717) is 48.1 Å². The summed E-state index contributed by atoms with van der Waals surface area (Å²) in [6, 6.07) is 11.5. The normalized spacial score (nSPS) is 10.8. The Bertz CT molecular complexity index is 1040. The van der Waals surface area contributed by atoms with E-state index in [9.17, 15) is 13.6 Å². The van der Waals surface area contributed by atoms with Gasteiger partial charge in [0.25, 0.3) is 5.91 Å². The molecule has 2 N–H and O–H groups in total. The minimum Gasteiger partial charge on any atom is -0.493 e. The number of amides is 1. The lowest BCUT2D eigenvalue weighted by atomic mass is 10.2. The molecule has 0 saturated carbocycles. The summed E-state index contributed by atoms with van der Waals surface area (Å²) in [5.41, 5.74) is 1.63. The second-order valence-corrected chi connectivity index (χ2v) is 6.72. The molecule has 0 bridgehead atoms. The number of carbonyl (C=O) groups is 1. The predicted molar refractivity (Wildman–Crippen MR) is 112 cm³/mol. The van der Waals surface area contributed by atoms with Gasteiger partial charge in [0, 0.05) is 6.07 Å². The highest BCUT2D eigenvalue weighted by atomic mass is 19.3. The number of hydrogen-bond acceptors (Lipinski definition) is 5. The van der Waals surface area contributed by atoms with E-state index >= 15 is 0 Å². The first-order valence-electron chi connectivity index (χ1n) is 10.2. The number of halogens is 2. The van der Waals surface area contributed by atoms with Gasteiger partial charge in [-0.15, -0.1) is 0 Å². The van der Waals surface area contributed by atoms with E-state index in [4.69, 9.17) is 13.9 Å². The number of oxazole rings is 1. The summed E-state index contributed by atoms with van der Waals surface area (Å²) < 4.78 is 46.4. The fourth-order valence-electron chi connectivity index (χ4n) is 2.93. The van der Waals surface area contributed by atoms with Crippen LogP contribution >= 0.6 is 0 Å². The van der Waals surface area contributed by atoms with E-state index in [2.05, 4.69) is 15.0 Å². The van der Waals surface area contributed by atoms with Crippen LogP contribution in [0.1, 0.15) is 36.3 Å². The Morgan fingerprint density at radius 1 is 1.09 bits per heavy atom. The first-order valence-corrected chi connectivity index (χ1v) is 10.2. The molecule has 0 aliphatic rings. The molecule has 0 fully saturated rings. The lowest BCUT2D eigenvalue weighted by Gasteiger charge is -2.11. The van der Waals surface area contributed by atoms with Crippen molar-refractivity contribution >= 4 is 5.91 Å². The average molecular weight is 447 g/mol. The minimum atomic E-state index is -2.96. The van der Waals surface area contributed by atoms with Crippen LogP contribution in [0.3, 0.4) is 0 Å². The number of ether oxygens (including phenoxy) is 3. The zero-order chi connectivity index (χ0) is 22.9. The SMILES string of the molecule is CCCOc1cc(-c2[nH+]c(CNC(=O)c3ccccc3OCC)co2)ccc1OC(F)F. The Morgan fingerprint density at radius 3 is 2.66 bits per heavy atom. The lowest BCUT2D eigenvalue weighted by Crippen LogP contribution is -2.26. The number of H-pyrrole nitrogens is 1. The molecule has 3 aromatic rings. The molecule has 0 unspecified atom stereocenters. The van der Waals surface area contributed by atoms with Gasteiger partial charge >= 0.3 is 12.5 Å². The third-order valence-corrected chi connectivity index (χ3v) is 4.35. The van der Waals surface area contributed by atoms with Crippen LogP contribution in [0.4, 0.5) is 8.78 Å². The largest absolute Gasteiger partial charge is 0.493 e. The van der Waals surface area contributed by atoms with Gasteiger partial charge in [0.05, 0.1) is 24.3 Å². The van der Waals surface area contributed by atoms with Crippen LogP contribution in [-0.2, 0) is 6.54 Å². The third kappa shape index (κ3) is 5.96. The molecule has 0 spiro atoms. The molecule has 170 valence electrons. The van der Waals surface area contributed by atoms with Crippen molar-refractivity contribution in [3.63, 3.8) is 0 Å². The summed E-state index contributed by atoms with van der Waals surface area (Å²) >= 11 is 0. The van der Waals surface area contributed by atoms with Crippen molar-refractivity contribution in [2.45, 2.75) is 33.4 Å². The third-order valence-electron chi connectivity index (χ3n) is 4.35. The summed E-state index contributed by atoms with van der Waals surface area (Å²) in [6.45, 7) is 1.80. The van der Waals surface area contributed by atoms with Crippen molar-refractivity contribution in [3.8, 4) is 28.7 Å². The van der Waals surface area contributed by atoms with Crippen LogP contribution in [-0.4, -0.2) is 25.7 Å². The Balaban J connectivity index is 1.71. The summed E-state index contributed by atoms with van der Waals surface area (Å²) in [5.74, 6) is 0.749. The van der Waals surface area contributed by atoms with Crippen molar-refractivity contribution < 1.29 is 37.2 Å². The molecule has 0 aliphatic heterocycles. The van der Waals surface area contributed by atoms with Crippen molar-refractivity contribution in [2.75, 3.05) is 13.2 Å². The number of benzene rings is 2. The number of carbonyl (C=O) groups excluding carboxylic acids is 1. The molecule has 32 heavy (non-hydrogen) atoms. The van der Waals surface area contributed by atoms with Gasteiger partial charge in [0.1, 0.15) is 12.3 Å². The van der Waals surface area contributed by atoms with Crippen LogP contribution in [0.5, 0.6) is 17.2 Å². The van der Waals surface area contributed by atoms with Crippen LogP contribution < -0.4 is 24.5 Å². The van der Waals surface area contributed by atoms with E-state index in [1.54, 1.807) is 36.4 Å². The molecule has 1 heterocycles. The fourth-order valence-corrected chi connectivity index (χ4v) is 2.93. The number of aromatic nitrogens is 1. The quantitative estimate of drug-likeness (QED) is 0.469. The van der Waals surface area contributed by atoms with E-state index in [0.717, 1.165) is 0 Å². The molecular formula is C23H25F2N2O5+. The number of nitrogens with one attached hydrogen (secondary N) is 2. The molecule has 3 rings (SSSR count). The first kappa shape index (κ1) is 23.1. The smallest absolute Gasteiger partial charge is 0.387 e. The molecule has 2 aromatic carbocycles. The van der Waals surface area contributed by atoms with Crippen molar-refractivity contribution in [1.82, 2.24) is 5.32 Å². The topological polar surface area (TPSA) is 84.1 Å². The first-order chi connectivity index (χ1) is 15.5. The number of para-hydroxylation sites is 1. The zero-order valence-electron chi connectivity index (χ0n) is 17.8. The zero-order valence-corrected chi connectivity index (χ0v) is 17.8. The molecule has 0 saturated heterocycles. The van der Waals surface area contributed by atoms with E-state index in [1.807, 2.05) is 13.8 Å². The van der Waals surface area contributed by atoms with Crippen LogP contribution in [0, 0.1) is 0 Å². The molecule has 0 atom stereocenters. The maximum absolute atomic E-state index is 12.6. The molecule has 9 heteroatoms. The maximum atomic E-state index is 12.6. The minimum absolute atomic E-state index is 0.0517. The van der Waals surface area contributed by atoms with Crippen molar-refractivity contribution in [1.29, 1.82) is 0 Å². The molecule has 0 aliphatic carbocycles. The van der Waals surface area contributed by atoms with Gasteiger partial charge in [-0.05, 0) is 37.6 Å². The summed E-state index contributed by atoms with van der Waals surface area (Å²) in [6.07, 6.45) is 2.18. The van der Waals surface area contributed by atoms with Gasteiger partial charge in [-0.25, -0.2) is 0 Å². The number of hydrogen-bond donors (Lipinski definition) is 1. The van der Waals surface area contributed by atoms with Gasteiger partial charge in [-0.3, -0.25) is 4.79 Å². The highest BCUT2D eigenvalue weighted by Crippen LogP contribution is 2.33. The number of rotatable bonds is 11. The van der Waals surface area contributed by atoms with Crippen molar-refractivity contribution in [2.24, 2.45) is 0 Å². The van der Waals surface area contributed by atoms with Gasteiger partial charge in [-0.1, -0.05) is 19.1 Å². The fraction of sp³-hybridized carbons (Fsp3) is 0.304. The standard InChI is InChI=1S/C23H24F2N2O5/c1-3-11-30-20-12-15(9-10-19(20)32-23(24)25)22-27-16(14-31-22)13-26-21(28)17-7-5-6-8-18(17)29-4-2/h5-10,12,14,23H,3-4,11,13H2,1-2H3,(H,26,28)/p+1. The second kappa shape index (κ2) is 11.1. The Kier molecular flexibility index (Phi) is 8.02. The van der Waals surface area contributed by atoms with Crippen molar-refractivity contribution in [3.05, 3.63) is 60.0 Å². The molecule has 1 amide bonds. The highest BCUT2D eigenvalue weighted by molar-refractivity contribution is 5.96. The van der Waals surface area contributed by atoms with E-state index < -0.39 is 6.61 Å². The average Bonchev–Trinajstić information content (AvgIpc) is 3.26. The maximum Gasteiger partial charge on any atom is 0.387 e. The molecule has 1 aromatic heterocycles. The molecule has 7 nitrogen and oxygen atoms in total. The Labute approximate surface area is 184 Å². The number of alkyl halides is 2.